The van der Waals surface area contributed by atoms with Crippen LogP contribution in [0.15, 0.2) is 24.3 Å². The van der Waals surface area contributed by atoms with Crippen LogP contribution in [0.4, 0.5) is 5.69 Å². The minimum absolute atomic E-state index is 0.267. The molecular formula is C16H26ClNO. The Morgan fingerprint density at radius 2 is 1.79 bits per heavy atom. The molecule has 2 N–H and O–H groups in total. The van der Waals surface area contributed by atoms with E-state index < -0.39 is 6.10 Å². The molecule has 0 aliphatic heterocycles. The summed E-state index contributed by atoms with van der Waals surface area (Å²) in [6.45, 7) is 2.74. The van der Waals surface area contributed by atoms with E-state index in [1.165, 1.54) is 37.7 Å². The molecule has 0 saturated carbocycles. The highest BCUT2D eigenvalue weighted by molar-refractivity contribution is 6.18. The van der Waals surface area contributed by atoms with Crippen molar-refractivity contribution in [2.75, 3.05) is 17.7 Å². The summed E-state index contributed by atoms with van der Waals surface area (Å²) in [5.74, 6) is 0.267. The van der Waals surface area contributed by atoms with Crippen molar-refractivity contribution in [1.82, 2.24) is 0 Å². The number of unbranched alkanes of at least 4 members (excludes halogenated alkanes) is 4. The van der Waals surface area contributed by atoms with E-state index in [2.05, 4.69) is 36.5 Å². The highest BCUT2D eigenvalue weighted by atomic mass is 35.5. The summed E-state index contributed by atoms with van der Waals surface area (Å²) in [5, 5.41) is 12.5. The van der Waals surface area contributed by atoms with Crippen LogP contribution in [-0.4, -0.2) is 23.6 Å². The van der Waals surface area contributed by atoms with Crippen LogP contribution >= 0.6 is 11.6 Å². The van der Waals surface area contributed by atoms with Crippen LogP contribution in [0.3, 0.4) is 0 Å². The van der Waals surface area contributed by atoms with Crippen molar-refractivity contribution in [1.29, 1.82) is 0 Å². The predicted molar refractivity (Wildman–Crippen MR) is 84.1 cm³/mol. The van der Waals surface area contributed by atoms with Gasteiger partial charge in [0.15, 0.2) is 0 Å². The third-order valence-electron chi connectivity index (χ3n) is 3.24. The number of aliphatic hydroxyl groups is 1. The first-order chi connectivity index (χ1) is 9.26. The zero-order valence-corrected chi connectivity index (χ0v) is 12.6. The van der Waals surface area contributed by atoms with Gasteiger partial charge >= 0.3 is 0 Å². The van der Waals surface area contributed by atoms with Gasteiger partial charge in [-0.15, -0.1) is 11.6 Å². The summed E-state index contributed by atoms with van der Waals surface area (Å²) in [7, 11) is 0. The maximum absolute atomic E-state index is 9.37. The molecule has 1 atom stereocenters. The standard InChI is InChI=1S/C16H26ClNO/c1-2-3-4-5-6-7-14-8-10-15(11-9-14)18-13-16(19)12-17/h8-11,16,18-19H,2-7,12-13H2,1H3. The monoisotopic (exact) mass is 283 g/mol. The summed E-state index contributed by atoms with van der Waals surface area (Å²) in [6, 6.07) is 8.47. The topological polar surface area (TPSA) is 32.3 Å². The molecule has 0 fully saturated rings. The van der Waals surface area contributed by atoms with Crippen molar-refractivity contribution in [3.05, 3.63) is 29.8 Å². The highest BCUT2D eigenvalue weighted by Crippen LogP contribution is 2.13. The number of benzene rings is 1. The summed E-state index contributed by atoms with van der Waals surface area (Å²) >= 11 is 5.55. The van der Waals surface area contributed by atoms with Crippen LogP contribution in [0.2, 0.25) is 0 Å². The van der Waals surface area contributed by atoms with E-state index in [0.717, 1.165) is 12.1 Å². The predicted octanol–water partition coefficient (Wildman–Crippen LogP) is 4.21. The molecule has 0 amide bonds. The molecule has 3 heteroatoms. The van der Waals surface area contributed by atoms with Gasteiger partial charge in [-0.1, -0.05) is 44.7 Å². The number of anilines is 1. The summed E-state index contributed by atoms with van der Waals surface area (Å²) in [5.41, 5.74) is 2.43. The Bertz CT molecular complexity index is 326. The van der Waals surface area contributed by atoms with Gasteiger partial charge in [-0.3, -0.25) is 0 Å². The summed E-state index contributed by atoms with van der Waals surface area (Å²) in [4.78, 5) is 0. The van der Waals surface area contributed by atoms with Gasteiger partial charge in [0.25, 0.3) is 0 Å². The van der Waals surface area contributed by atoms with Crippen LogP contribution in [0.5, 0.6) is 0 Å². The Hall–Kier alpha value is -0.730. The van der Waals surface area contributed by atoms with Gasteiger partial charge < -0.3 is 10.4 Å². The van der Waals surface area contributed by atoms with Crippen LogP contribution in [0, 0.1) is 0 Å². The minimum Gasteiger partial charge on any atom is -0.390 e. The molecule has 0 saturated heterocycles. The largest absolute Gasteiger partial charge is 0.390 e. The molecule has 1 aromatic rings. The van der Waals surface area contributed by atoms with Gasteiger partial charge in [0.2, 0.25) is 0 Å². The van der Waals surface area contributed by atoms with Crippen molar-refractivity contribution in [2.24, 2.45) is 0 Å². The Morgan fingerprint density at radius 1 is 1.11 bits per heavy atom. The molecule has 1 rings (SSSR count). The second-order valence-electron chi connectivity index (χ2n) is 5.05. The Labute approximate surface area is 122 Å². The first-order valence-corrected chi connectivity index (χ1v) is 7.86. The molecule has 0 radical (unpaired) electrons. The number of alkyl halides is 1. The molecule has 0 aromatic heterocycles. The molecule has 19 heavy (non-hydrogen) atoms. The quantitative estimate of drug-likeness (QED) is 0.498. The second-order valence-corrected chi connectivity index (χ2v) is 5.36. The van der Waals surface area contributed by atoms with Crippen molar-refractivity contribution in [3.63, 3.8) is 0 Å². The second kappa shape index (κ2) is 10.1. The molecule has 2 nitrogen and oxygen atoms in total. The molecule has 108 valence electrons. The third kappa shape index (κ3) is 7.44. The molecule has 0 bridgehead atoms. The van der Waals surface area contributed by atoms with Crippen LogP contribution in [0.25, 0.3) is 0 Å². The first kappa shape index (κ1) is 16.3. The van der Waals surface area contributed by atoms with E-state index in [9.17, 15) is 5.11 Å². The molecule has 0 heterocycles. The van der Waals surface area contributed by atoms with E-state index in [-0.39, 0.29) is 5.88 Å². The zero-order chi connectivity index (χ0) is 13.9. The normalized spacial score (nSPS) is 12.4. The van der Waals surface area contributed by atoms with Crippen molar-refractivity contribution < 1.29 is 5.11 Å². The lowest BCUT2D eigenvalue weighted by molar-refractivity contribution is 0.211. The molecule has 0 aliphatic rings. The summed E-state index contributed by atoms with van der Waals surface area (Å²) < 4.78 is 0. The molecule has 1 aromatic carbocycles. The average Bonchev–Trinajstić information content (AvgIpc) is 2.45. The fourth-order valence-electron chi connectivity index (χ4n) is 2.01. The Kier molecular flexibility index (Phi) is 8.68. The number of hydrogen-bond acceptors (Lipinski definition) is 2. The van der Waals surface area contributed by atoms with Crippen molar-refractivity contribution >= 4 is 17.3 Å². The van der Waals surface area contributed by atoms with Crippen LogP contribution < -0.4 is 5.32 Å². The number of aliphatic hydroxyl groups excluding tert-OH is 1. The fourth-order valence-corrected chi connectivity index (χ4v) is 2.12. The van der Waals surface area contributed by atoms with Crippen LogP contribution in [0.1, 0.15) is 44.6 Å². The Morgan fingerprint density at radius 3 is 2.42 bits per heavy atom. The molecule has 0 spiro atoms. The summed E-state index contributed by atoms with van der Waals surface area (Å²) in [6.07, 6.45) is 7.29. The molecule has 0 aliphatic carbocycles. The van der Waals surface area contributed by atoms with Crippen molar-refractivity contribution in [3.8, 4) is 0 Å². The maximum atomic E-state index is 9.37. The van der Waals surface area contributed by atoms with E-state index in [4.69, 9.17) is 11.6 Å². The van der Waals surface area contributed by atoms with Gasteiger partial charge in [-0.2, -0.15) is 0 Å². The lowest BCUT2D eigenvalue weighted by atomic mass is 10.1. The van der Waals surface area contributed by atoms with E-state index >= 15 is 0 Å². The van der Waals surface area contributed by atoms with Gasteiger partial charge in [-0.25, -0.2) is 0 Å². The van der Waals surface area contributed by atoms with Gasteiger partial charge in [-0.05, 0) is 30.5 Å². The van der Waals surface area contributed by atoms with E-state index in [1.54, 1.807) is 0 Å². The average molecular weight is 284 g/mol. The third-order valence-corrected chi connectivity index (χ3v) is 3.60. The highest BCUT2D eigenvalue weighted by Gasteiger charge is 2.01. The van der Waals surface area contributed by atoms with Gasteiger partial charge in [0, 0.05) is 12.2 Å². The van der Waals surface area contributed by atoms with Gasteiger partial charge in [0.05, 0.1) is 12.0 Å². The molecule has 1 unspecified atom stereocenters. The zero-order valence-electron chi connectivity index (χ0n) is 11.9. The maximum Gasteiger partial charge on any atom is 0.0847 e. The fraction of sp³-hybridized carbons (Fsp3) is 0.625. The lowest BCUT2D eigenvalue weighted by Gasteiger charge is -2.10. The minimum atomic E-state index is -0.486. The van der Waals surface area contributed by atoms with E-state index in [0.29, 0.717) is 6.54 Å². The van der Waals surface area contributed by atoms with Gasteiger partial charge in [0.1, 0.15) is 0 Å². The lowest BCUT2D eigenvalue weighted by Crippen LogP contribution is -2.20. The molecular weight excluding hydrogens is 258 g/mol. The number of nitrogens with one attached hydrogen (secondary N) is 1. The number of aryl methyl sites for hydroxylation is 1. The van der Waals surface area contributed by atoms with Crippen molar-refractivity contribution in [2.45, 2.75) is 51.6 Å². The van der Waals surface area contributed by atoms with E-state index in [1.807, 2.05) is 0 Å². The number of halogens is 1. The smallest absolute Gasteiger partial charge is 0.0847 e. The van der Waals surface area contributed by atoms with Crippen LogP contribution in [-0.2, 0) is 6.42 Å². The first-order valence-electron chi connectivity index (χ1n) is 7.33. The Balaban J connectivity index is 2.23. The number of rotatable bonds is 10. The SMILES string of the molecule is CCCCCCCc1ccc(NCC(O)CCl)cc1. The number of hydrogen-bond donors (Lipinski definition) is 2.